The summed E-state index contributed by atoms with van der Waals surface area (Å²) in [4.78, 5) is 16.0. The Kier molecular flexibility index (Phi) is 4.99. The Morgan fingerprint density at radius 3 is 2.80 bits per heavy atom. The van der Waals surface area contributed by atoms with Gasteiger partial charge in [-0.2, -0.15) is 5.26 Å². The largest absolute Gasteiger partial charge is 0.365 e. The van der Waals surface area contributed by atoms with Gasteiger partial charge in [-0.1, -0.05) is 0 Å². The zero-order valence-corrected chi connectivity index (χ0v) is 13.0. The molecular formula is C14H17BrN4O. The van der Waals surface area contributed by atoms with E-state index in [1.165, 1.54) is 0 Å². The molecule has 0 aromatic heterocycles. The van der Waals surface area contributed by atoms with Crippen LogP contribution in [-0.2, 0) is 4.79 Å². The predicted octanol–water partition coefficient (Wildman–Crippen LogP) is 1.19. The van der Waals surface area contributed by atoms with Crippen LogP contribution in [0.2, 0.25) is 0 Å². The van der Waals surface area contributed by atoms with Crippen molar-refractivity contribution in [2.75, 3.05) is 44.7 Å². The Hall–Kier alpha value is -1.58. The molecule has 5 nitrogen and oxygen atoms in total. The second-order valence-electron chi connectivity index (χ2n) is 4.76. The van der Waals surface area contributed by atoms with Crippen LogP contribution < -0.4 is 10.2 Å². The molecule has 1 N–H and O–H groups in total. The van der Waals surface area contributed by atoms with E-state index in [0.29, 0.717) is 12.1 Å². The molecule has 0 spiro atoms. The lowest BCUT2D eigenvalue weighted by Gasteiger charge is -2.29. The summed E-state index contributed by atoms with van der Waals surface area (Å²) >= 11 is 3.37. The molecule has 0 atom stereocenters. The summed E-state index contributed by atoms with van der Waals surface area (Å²) in [5, 5.41) is 12.1. The number of nitrogens with one attached hydrogen (secondary N) is 1. The first-order valence-electron chi connectivity index (χ1n) is 6.51. The van der Waals surface area contributed by atoms with Crippen LogP contribution in [0.1, 0.15) is 5.56 Å². The van der Waals surface area contributed by atoms with Crippen molar-refractivity contribution in [3.63, 3.8) is 0 Å². The van der Waals surface area contributed by atoms with Crippen molar-refractivity contribution in [1.29, 1.82) is 5.26 Å². The molecule has 0 saturated carbocycles. The van der Waals surface area contributed by atoms with E-state index >= 15 is 0 Å². The maximum Gasteiger partial charge on any atom is 0.242 e. The van der Waals surface area contributed by atoms with Gasteiger partial charge < -0.3 is 15.1 Å². The number of anilines is 1. The molecule has 20 heavy (non-hydrogen) atoms. The van der Waals surface area contributed by atoms with Crippen LogP contribution >= 0.6 is 15.9 Å². The van der Waals surface area contributed by atoms with Crippen LogP contribution in [-0.4, -0.2) is 50.6 Å². The van der Waals surface area contributed by atoms with Gasteiger partial charge in [-0.25, -0.2) is 0 Å². The van der Waals surface area contributed by atoms with Gasteiger partial charge in [0.05, 0.1) is 12.1 Å². The highest BCUT2D eigenvalue weighted by Crippen LogP contribution is 2.23. The number of nitriles is 1. The van der Waals surface area contributed by atoms with Gasteiger partial charge >= 0.3 is 0 Å². The molecule has 0 bridgehead atoms. The summed E-state index contributed by atoms with van der Waals surface area (Å²) in [5.74, 6) is 0.134. The predicted molar refractivity (Wildman–Crippen MR) is 81.6 cm³/mol. The fourth-order valence-corrected chi connectivity index (χ4v) is 2.60. The monoisotopic (exact) mass is 336 g/mol. The van der Waals surface area contributed by atoms with Crippen molar-refractivity contribution >= 4 is 27.5 Å². The summed E-state index contributed by atoms with van der Waals surface area (Å²) in [6, 6.07) is 7.58. The minimum atomic E-state index is 0.134. The SMILES string of the molecule is CN(CC(=O)N1CCNCC1)c1ccc(C#N)c(Br)c1. The van der Waals surface area contributed by atoms with Gasteiger partial charge in [-0.15, -0.1) is 0 Å². The minimum Gasteiger partial charge on any atom is -0.365 e. The van der Waals surface area contributed by atoms with E-state index < -0.39 is 0 Å². The first-order chi connectivity index (χ1) is 9.61. The average Bonchev–Trinajstić information content (AvgIpc) is 2.48. The van der Waals surface area contributed by atoms with Crippen molar-refractivity contribution in [3.8, 4) is 6.07 Å². The maximum atomic E-state index is 12.2. The molecule has 1 aliphatic rings. The zero-order chi connectivity index (χ0) is 14.5. The quantitative estimate of drug-likeness (QED) is 0.900. The molecule has 0 unspecified atom stereocenters. The number of hydrogen-bond acceptors (Lipinski definition) is 4. The van der Waals surface area contributed by atoms with E-state index in [9.17, 15) is 4.79 Å². The Morgan fingerprint density at radius 1 is 1.50 bits per heavy atom. The van der Waals surface area contributed by atoms with Crippen molar-refractivity contribution < 1.29 is 4.79 Å². The molecule has 1 aromatic carbocycles. The van der Waals surface area contributed by atoms with E-state index in [-0.39, 0.29) is 5.91 Å². The molecule has 2 rings (SSSR count). The van der Waals surface area contributed by atoms with Crippen LogP contribution in [0.5, 0.6) is 0 Å². The molecule has 1 saturated heterocycles. The Morgan fingerprint density at radius 2 is 2.20 bits per heavy atom. The van der Waals surface area contributed by atoms with Gasteiger partial charge in [-0.3, -0.25) is 4.79 Å². The lowest BCUT2D eigenvalue weighted by Crippen LogP contribution is -2.49. The zero-order valence-electron chi connectivity index (χ0n) is 11.4. The second kappa shape index (κ2) is 6.73. The van der Waals surface area contributed by atoms with E-state index in [2.05, 4.69) is 27.3 Å². The van der Waals surface area contributed by atoms with Gasteiger partial charge in [0.15, 0.2) is 0 Å². The van der Waals surface area contributed by atoms with Crippen molar-refractivity contribution in [1.82, 2.24) is 10.2 Å². The lowest BCUT2D eigenvalue weighted by molar-refractivity contribution is -0.130. The first-order valence-corrected chi connectivity index (χ1v) is 7.30. The third-order valence-corrected chi connectivity index (χ3v) is 4.01. The molecule has 6 heteroatoms. The van der Waals surface area contributed by atoms with Gasteiger partial charge in [0.2, 0.25) is 5.91 Å². The molecule has 1 fully saturated rings. The van der Waals surface area contributed by atoms with Crippen molar-refractivity contribution in [2.45, 2.75) is 0 Å². The van der Waals surface area contributed by atoms with Crippen LogP contribution in [0.25, 0.3) is 0 Å². The smallest absolute Gasteiger partial charge is 0.242 e. The Balaban J connectivity index is 2.00. The number of hydrogen-bond donors (Lipinski definition) is 1. The van der Waals surface area contributed by atoms with Gasteiger partial charge in [-0.05, 0) is 34.1 Å². The Bertz CT molecular complexity index is 534. The first kappa shape index (κ1) is 14.8. The minimum absolute atomic E-state index is 0.134. The molecule has 0 aliphatic carbocycles. The van der Waals surface area contributed by atoms with E-state index in [0.717, 1.165) is 36.3 Å². The fourth-order valence-electron chi connectivity index (χ4n) is 2.14. The highest BCUT2D eigenvalue weighted by molar-refractivity contribution is 9.10. The third kappa shape index (κ3) is 3.50. The summed E-state index contributed by atoms with van der Waals surface area (Å²) < 4.78 is 0.749. The van der Waals surface area contributed by atoms with Crippen LogP contribution in [0.3, 0.4) is 0 Å². The van der Waals surface area contributed by atoms with E-state index in [4.69, 9.17) is 5.26 Å². The normalized spacial score (nSPS) is 14.8. The number of piperazine rings is 1. The molecule has 1 amide bonds. The molecular weight excluding hydrogens is 320 g/mol. The summed E-state index contributed by atoms with van der Waals surface area (Å²) in [7, 11) is 1.88. The molecule has 1 aliphatic heterocycles. The average molecular weight is 337 g/mol. The lowest BCUT2D eigenvalue weighted by atomic mass is 10.2. The molecule has 0 radical (unpaired) electrons. The second-order valence-corrected chi connectivity index (χ2v) is 5.62. The Labute approximate surface area is 127 Å². The van der Waals surface area contributed by atoms with E-state index in [1.807, 2.05) is 29.0 Å². The highest BCUT2D eigenvalue weighted by Gasteiger charge is 2.18. The number of halogens is 1. The van der Waals surface area contributed by atoms with E-state index in [1.54, 1.807) is 6.07 Å². The topological polar surface area (TPSA) is 59.4 Å². The maximum absolute atomic E-state index is 12.2. The summed E-state index contributed by atoms with van der Waals surface area (Å²) in [6.45, 7) is 3.60. The van der Waals surface area contributed by atoms with Gasteiger partial charge in [0.1, 0.15) is 6.07 Å². The van der Waals surface area contributed by atoms with Crippen molar-refractivity contribution in [3.05, 3.63) is 28.2 Å². The van der Waals surface area contributed by atoms with Gasteiger partial charge in [0.25, 0.3) is 0 Å². The molecule has 106 valence electrons. The third-order valence-electron chi connectivity index (χ3n) is 3.36. The van der Waals surface area contributed by atoms with Crippen LogP contribution in [0.4, 0.5) is 5.69 Å². The number of rotatable bonds is 3. The number of likely N-dealkylation sites (N-methyl/N-ethyl adjacent to an activating group) is 1. The number of amides is 1. The van der Waals surface area contributed by atoms with Crippen LogP contribution in [0.15, 0.2) is 22.7 Å². The van der Waals surface area contributed by atoms with Crippen molar-refractivity contribution in [2.24, 2.45) is 0 Å². The number of carbonyl (C=O) groups excluding carboxylic acids is 1. The van der Waals surface area contributed by atoms with Gasteiger partial charge in [0, 0.05) is 43.4 Å². The summed E-state index contributed by atoms with van der Waals surface area (Å²) in [5.41, 5.74) is 1.51. The number of benzene rings is 1. The number of nitrogens with zero attached hydrogens (tertiary/aromatic N) is 3. The number of carbonyl (C=O) groups is 1. The highest BCUT2D eigenvalue weighted by atomic mass is 79.9. The molecule has 1 aromatic rings. The van der Waals surface area contributed by atoms with Crippen LogP contribution in [0, 0.1) is 11.3 Å². The molecule has 1 heterocycles. The fraction of sp³-hybridized carbons (Fsp3) is 0.429. The summed E-state index contributed by atoms with van der Waals surface area (Å²) in [6.07, 6.45) is 0. The standard InChI is InChI=1S/C14H17BrN4O/c1-18(10-14(20)19-6-4-17-5-7-19)12-3-2-11(9-16)13(15)8-12/h2-3,8,17H,4-7,10H2,1H3.